The molecule has 0 unspecified atom stereocenters. The topological polar surface area (TPSA) is 85.2 Å². The highest BCUT2D eigenvalue weighted by molar-refractivity contribution is 5.94. The van der Waals surface area contributed by atoms with E-state index in [2.05, 4.69) is 15.8 Å². The van der Waals surface area contributed by atoms with Crippen LogP contribution in [0, 0.1) is 12.7 Å². The normalized spacial score (nSPS) is 10.4. The lowest BCUT2D eigenvalue weighted by Gasteiger charge is -2.12. The van der Waals surface area contributed by atoms with Crippen LogP contribution in [0.4, 0.5) is 4.39 Å². The van der Waals surface area contributed by atoms with Gasteiger partial charge in [0.25, 0.3) is 5.91 Å². The van der Waals surface area contributed by atoms with E-state index in [-0.39, 0.29) is 17.9 Å². The third-order valence-corrected chi connectivity index (χ3v) is 4.08. The number of methoxy groups -OCH3 is 1. The molecule has 0 aliphatic carbocycles. The predicted molar refractivity (Wildman–Crippen MR) is 101 cm³/mol. The third kappa shape index (κ3) is 4.35. The number of amides is 2. The lowest BCUT2D eigenvalue weighted by molar-refractivity contribution is -0.121. The molecular formula is C20H19FN4O3. The number of imidazole rings is 1. The number of halogens is 1. The fourth-order valence-electron chi connectivity index (χ4n) is 2.72. The molecule has 0 radical (unpaired) electrons. The minimum Gasteiger partial charge on any atom is -0.496 e. The second-order valence-corrected chi connectivity index (χ2v) is 6.12. The molecule has 1 heterocycles. The minimum absolute atomic E-state index is 0.0440. The lowest BCUT2D eigenvalue weighted by Crippen LogP contribution is -2.43. The number of hydrogen-bond acceptors (Lipinski definition) is 4. The van der Waals surface area contributed by atoms with Gasteiger partial charge in [-0.1, -0.05) is 17.7 Å². The average molecular weight is 382 g/mol. The van der Waals surface area contributed by atoms with Gasteiger partial charge in [0.2, 0.25) is 5.91 Å². The third-order valence-electron chi connectivity index (χ3n) is 4.08. The molecule has 1 aromatic heterocycles. The molecule has 0 saturated heterocycles. The Hall–Kier alpha value is -3.68. The van der Waals surface area contributed by atoms with Gasteiger partial charge in [0, 0.05) is 11.3 Å². The van der Waals surface area contributed by atoms with Crippen molar-refractivity contribution in [3.05, 3.63) is 77.6 Å². The summed E-state index contributed by atoms with van der Waals surface area (Å²) in [6, 6.07) is 11.1. The van der Waals surface area contributed by atoms with Crippen LogP contribution in [0.1, 0.15) is 21.6 Å². The molecule has 8 heteroatoms. The van der Waals surface area contributed by atoms with Crippen LogP contribution in [0.2, 0.25) is 0 Å². The summed E-state index contributed by atoms with van der Waals surface area (Å²) in [4.78, 5) is 28.6. The SMILES string of the molecule is COc1ccc(C)cc1CC(=O)NNC(=O)c1cncn1-c1ccc(F)cc1. The van der Waals surface area contributed by atoms with Crippen molar-refractivity contribution in [3.63, 3.8) is 0 Å². The van der Waals surface area contributed by atoms with Crippen LogP contribution in [-0.2, 0) is 11.2 Å². The Morgan fingerprint density at radius 3 is 2.61 bits per heavy atom. The van der Waals surface area contributed by atoms with Crippen molar-refractivity contribution >= 4 is 11.8 Å². The molecule has 0 aliphatic rings. The maximum Gasteiger partial charge on any atom is 0.288 e. The summed E-state index contributed by atoms with van der Waals surface area (Å²) in [5, 5.41) is 0. The van der Waals surface area contributed by atoms with Crippen molar-refractivity contribution in [2.45, 2.75) is 13.3 Å². The number of carbonyl (C=O) groups excluding carboxylic acids is 2. The fraction of sp³-hybridized carbons (Fsp3) is 0.150. The molecule has 3 aromatic rings. The molecule has 2 aromatic carbocycles. The molecule has 2 amide bonds. The summed E-state index contributed by atoms with van der Waals surface area (Å²) in [5.41, 5.74) is 7.22. The first kappa shape index (κ1) is 19.1. The standard InChI is InChI=1S/C20H19FN4O3/c1-13-3-8-18(28-2)14(9-13)10-19(26)23-24-20(27)17-11-22-12-25(17)16-6-4-15(21)5-7-16/h3-9,11-12H,10H2,1-2H3,(H,23,26)(H,24,27). The van der Waals surface area contributed by atoms with Crippen molar-refractivity contribution in [3.8, 4) is 11.4 Å². The Kier molecular flexibility index (Phi) is 5.69. The van der Waals surface area contributed by atoms with Gasteiger partial charge in [-0.15, -0.1) is 0 Å². The van der Waals surface area contributed by atoms with Gasteiger partial charge in [-0.25, -0.2) is 9.37 Å². The van der Waals surface area contributed by atoms with Gasteiger partial charge in [0.15, 0.2) is 0 Å². The molecule has 0 atom stereocenters. The number of rotatable bonds is 5. The zero-order chi connectivity index (χ0) is 20.1. The van der Waals surface area contributed by atoms with Gasteiger partial charge >= 0.3 is 0 Å². The maximum atomic E-state index is 13.1. The smallest absolute Gasteiger partial charge is 0.288 e. The van der Waals surface area contributed by atoms with Crippen LogP contribution in [0.5, 0.6) is 5.75 Å². The number of carbonyl (C=O) groups is 2. The van der Waals surface area contributed by atoms with Crippen LogP contribution in [0.25, 0.3) is 5.69 Å². The molecule has 28 heavy (non-hydrogen) atoms. The molecule has 144 valence electrons. The Balaban J connectivity index is 1.65. The molecule has 3 rings (SSSR count). The second kappa shape index (κ2) is 8.34. The summed E-state index contributed by atoms with van der Waals surface area (Å²) in [6.07, 6.45) is 2.83. The van der Waals surface area contributed by atoms with E-state index in [1.165, 1.54) is 48.5 Å². The molecule has 2 N–H and O–H groups in total. The van der Waals surface area contributed by atoms with Crippen LogP contribution in [0.3, 0.4) is 0 Å². The zero-order valence-corrected chi connectivity index (χ0v) is 15.4. The highest BCUT2D eigenvalue weighted by Gasteiger charge is 2.15. The van der Waals surface area contributed by atoms with Gasteiger partial charge in [-0.3, -0.25) is 25.0 Å². The van der Waals surface area contributed by atoms with Crippen LogP contribution in [-0.4, -0.2) is 28.5 Å². The Morgan fingerprint density at radius 1 is 1.14 bits per heavy atom. The Labute approximate surface area is 161 Å². The lowest BCUT2D eigenvalue weighted by atomic mass is 10.1. The molecule has 0 spiro atoms. The molecule has 0 saturated carbocycles. The van der Waals surface area contributed by atoms with Crippen molar-refractivity contribution < 1.29 is 18.7 Å². The quantitative estimate of drug-likeness (QED) is 0.664. The summed E-state index contributed by atoms with van der Waals surface area (Å²) < 4.78 is 19.8. The van der Waals surface area contributed by atoms with Crippen LogP contribution >= 0.6 is 0 Å². The van der Waals surface area contributed by atoms with E-state index >= 15 is 0 Å². The number of benzene rings is 2. The van der Waals surface area contributed by atoms with E-state index < -0.39 is 11.8 Å². The molecule has 0 fully saturated rings. The van der Waals surface area contributed by atoms with E-state index in [1.807, 2.05) is 19.1 Å². The first-order valence-electron chi connectivity index (χ1n) is 8.49. The number of nitrogens with zero attached hydrogens (tertiary/aromatic N) is 2. The van der Waals surface area contributed by atoms with E-state index in [1.54, 1.807) is 6.07 Å². The van der Waals surface area contributed by atoms with Gasteiger partial charge < -0.3 is 4.74 Å². The number of aryl methyl sites for hydroxylation is 1. The fourth-order valence-corrected chi connectivity index (χ4v) is 2.72. The molecule has 7 nitrogen and oxygen atoms in total. The van der Waals surface area contributed by atoms with Crippen molar-refractivity contribution in [2.75, 3.05) is 7.11 Å². The monoisotopic (exact) mass is 382 g/mol. The van der Waals surface area contributed by atoms with E-state index in [0.29, 0.717) is 17.0 Å². The van der Waals surface area contributed by atoms with E-state index in [9.17, 15) is 14.0 Å². The van der Waals surface area contributed by atoms with Crippen LogP contribution in [0.15, 0.2) is 55.0 Å². The number of nitrogens with one attached hydrogen (secondary N) is 2. The predicted octanol–water partition coefficient (Wildman–Crippen LogP) is 2.33. The van der Waals surface area contributed by atoms with Gasteiger partial charge in [0.1, 0.15) is 17.3 Å². The van der Waals surface area contributed by atoms with E-state index in [0.717, 1.165) is 5.56 Å². The largest absolute Gasteiger partial charge is 0.496 e. The van der Waals surface area contributed by atoms with Gasteiger partial charge in [-0.2, -0.15) is 0 Å². The number of hydrogen-bond donors (Lipinski definition) is 2. The summed E-state index contributed by atoms with van der Waals surface area (Å²) in [6.45, 7) is 1.92. The van der Waals surface area contributed by atoms with E-state index in [4.69, 9.17) is 4.74 Å². The highest BCUT2D eigenvalue weighted by atomic mass is 19.1. The maximum absolute atomic E-state index is 13.1. The highest BCUT2D eigenvalue weighted by Crippen LogP contribution is 2.20. The van der Waals surface area contributed by atoms with Crippen molar-refractivity contribution in [2.24, 2.45) is 0 Å². The molecule has 0 bridgehead atoms. The minimum atomic E-state index is -0.550. The van der Waals surface area contributed by atoms with Gasteiger partial charge in [0.05, 0.1) is 26.1 Å². The average Bonchev–Trinajstić information content (AvgIpc) is 3.17. The number of aromatic nitrogens is 2. The summed E-state index contributed by atoms with van der Waals surface area (Å²) >= 11 is 0. The molecule has 0 aliphatic heterocycles. The second-order valence-electron chi connectivity index (χ2n) is 6.12. The van der Waals surface area contributed by atoms with Crippen molar-refractivity contribution in [1.82, 2.24) is 20.4 Å². The van der Waals surface area contributed by atoms with Gasteiger partial charge in [-0.05, 0) is 37.3 Å². The first-order valence-corrected chi connectivity index (χ1v) is 8.49. The first-order chi connectivity index (χ1) is 13.5. The Bertz CT molecular complexity index is 999. The number of hydrazine groups is 1. The molecular weight excluding hydrogens is 363 g/mol. The summed E-state index contributed by atoms with van der Waals surface area (Å²) in [7, 11) is 1.53. The van der Waals surface area contributed by atoms with Crippen LogP contribution < -0.4 is 15.6 Å². The zero-order valence-electron chi connectivity index (χ0n) is 15.4. The number of ether oxygens (including phenoxy) is 1. The Morgan fingerprint density at radius 2 is 1.89 bits per heavy atom. The summed E-state index contributed by atoms with van der Waals surface area (Å²) in [5.74, 6) is -0.730. The van der Waals surface area contributed by atoms with Crippen molar-refractivity contribution in [1.29, 1.82) is 0 Å².